The Labute approximate surface area is 43.1 Å². The lowest BCUT2D eigenvalue weighted by atomic mass is 10.9. The van der Waals surface area contributed by atoms with Crippen molar-refractivity contribution in [3.05, 3.63) is 0 Å². The predicted octanol–water partition coefficient (Wildman–Crippen LogP) is 0.952. The highest BCUT2D eigenvalue weighted by Gasteiger charge is 1.36. The molecule has 0 radical (unpaired) electrons. The lowest BCUT2D eigenvalue weighted by Gasteiger charge is -1.88. The quantitative estimate of drug-likeness (QED) is 0.280. The highest BCUT2D eigenvalue weighted by Crippen LogP contribution is 1.49. The Morgan fingerprint density at radius 3 is 1.80 bits per heavy atom. The number of rotatable bonds is 0. The van der Waals surface area contributed by atoms with Crippen LogP contribution < -0.4 is 0 Å². The summed E-state index contributed by atoms with van der Waals surface area (Å²) < 4.78 is 0. The maximum absolute atomic E-state index is 6.31. The fourth-order valence-corrected chi connectivity index (χ4v) is 0. The molecule has 0 aromatic heterocycles. The maximum atomic E-state index is 6.31. The van der Waals surface area contributed by atoms with E-state index in [0.29, 0.717) is 0 Å². The summed E-state index contributed by atoms with van der Waals surface area (Å²) in [5.41, 5.74) is 0. The van der Waals surface area contributed by atoms with E-state index in [-0.39, 0.29) is 17.5 Å². The van der Waals surface area contributed by atoms with Crippen LogP contribution in [0.4, 0.5) is 0 Å². The molecule has 0 aromatic carbocycles. The zero-order valence-electron chi connectivity index (χ0n) is 2.82. The highest BCUT2D eigenvalue weighted by molar-refractivity contribution is 7.77. The lowest BCUT2D eigenvalue weighted by Crippen LogP contribution is -1.69. The molecule has 0 atom stereocenters. The number of nitrogens with one attached hydrogen (secondary N) is 1. The van der Waals surface area contributed by atoms with Crippen molar-refractivity contribution in [1.82, 2.24) is 0 Å². The Bertz CT molecular complexity index is 32.6. The molecule has 0 unspecified atom stereocenters. The van der Waals surface area contributed by atoms with Gasteiger partial charge in [0.25, 0.3) is 0 Å². The van der Waals surface area contributed by atoms with Crippen molar-refractivity contribution in [1.29, 1.82) is 5.41 Å². The SMILES string of the molecule is CC(=N)[S-].Cl. The Kier molecular flexibility index (Phi) is 7.48. The summed E-state index contributed by atoms with van der Waals surface area (Å²) in [6, 6.07) is 0. The van der Waals surface area contributed by atoms with E-state index in [9.17, 15) is 0 Å². The molecule has 1 nitrogen and oxygen atoms in total. The average molecular weight is 111 g/mol. The van der Waals surface area contributed by atoms with E-state index in [1.54, 1.807) is 6.92 Å². The largest absolute Gasteiger partial charge is 0.765 e. The molecule has 0 fully saturated rings. The van der Waals surface area contributed by atoms with E-state index in [1.165, 1.54) is 0 Å². The number of hydrogen-bond donors (Lipinski definition) is 1. The van der Waals surface area contributed by atoms with Crippen LogP contribution >= 0.6 is 12.4 Å². The monoisotopic (exact) mass is 110 g/mol. The first kappa shape index (κ1) is 8.95. The van der Waals surface area contributed by atoms with Crippen molar-refractivity contribution in [2.24, 2.45) is 0 Å². The summed E-state index contributed by atoms with van der Waals surface area (Å²) >= 11 is 4.20. The average Bonchev–Trinajstić information content (AvgIpc) is 0.811. The maximum Gasteiger partial charge on any atom is -0.0486 e. The molecule has 0 aliphatic heterocycles. The molecule has 0 aliphatic rings. The van der Waals surface area contributed by atoms with Gasteiger partial charge in [0.2, 0.25) is 0 Å². The fourth-order valence-electron chi connectivity index (χ4n) is 0. The van der Waals surface area contributed by atoms with E-state index >= 15 is 0 Å². The van der Waals surface area contributed by atoms with E-state index in [2.05, 4.69) is 12.6 Å². The zero-order chi connectivity index (χ0) is 3.58. The van der Waals surface area contributed by atoms with Gasteiger partial charge in [0.15, 0.2) is 0 Å². The van der Waals surface area contributed by atoms with Crippen molar-refractivity contribution < 1.29 is 0 Å². The third kappa shape index (κ3) is 613. The predicted molar refractivity (Wildman–Crippen MR) is 28.0 cm³/mol. The first-order valence-corrected chi connectivity index (χ1v) is 1.36. The molecule has 0 saturated carbocycles. The minimum absolute atomic E-state index is 0. The Morgan fingerprint density at radius 1 is 1.80 bits per heavy atom. The molecule has 5 heavy (non-hydrogen) atoms. The van der Waals surface area contributed by atoms with Crippen molar-refractivity contribution in [3.63, 3.8) is 0 Å². The van der Waals surface area contributed by atoms with Crippen LogP contribution in [-0.4, -0.2) is 5.04 Å². The minimum Gasteiger partial charge on any atom is -0.765 e. The Morgan fingerprint density at radius 2 is 1.80 bits per heavy atom. The summed E-state index contributed by atoms with van der Waals surface area (Å²) in [5, 5.41) is 6.56. The molecule has 0 amide bonds. The van der Waals surface area contributed by atoms with E-state index in [0.717, 1.165) is 0 Å². The standard InChI is InChI=1S/C2H5NS.ClH/c1-2(3)4;/h1H3,(H2,3,4);1H/p-1. The van der Waals surface area contributed by atoms with E-state index in [1.807, 2.05) is 0 Å². The van der Waals surface area contributed by atoms with Gasteiger partial charge < -0.3 is 18.0 Å². The van der Waals surface area contributed by atoms with Crippen LogP contribution in [0, 0.1) is 5.41 Å². The van der Waals surface area contributed by atoms with Gasteiger partial charge in [-0.05, 0) is 6.92 Å². The van der Waals surface area contributed by atoms with Crippen LogP contribution in [0.2, 0.25) is 0 Å². The van der Waals surface area contributed by atoms with Gasteiger partial charge in [-0.25, -0.2) is 0 Å². The minimum atomic E-state index is 0. The summed E-state index contributed by atoms with van der Waals surface area (Å²) in [4.78, 5) is 0. The number of halogens is 1. The molecule has 0 bridgehead atoms. The Hall–Kier alpha value is 0.180. The first-order valence-electron chi connectivity index (χ1n) is 0.954. The molecule has 0 heterocycles. The second-order valence-corrected chi connectivity index (χ2v) is 1.17. The molecule has 3 heteroatoms. The molecular weight excluding hydrogens is 106 g/mol. The van der Waals surface area contributed by atoms with Crippen molar-refractivity contribution in [2.75, 3.05) is 0 Å². The van der Waals surface area contributed by atoms with Crippen molar-refractivity contribution in [3.8, 4) is 0 Å². The van der Waals surface area contributed by atoms with Crippen molar-refractivity contribution >= 4 is 30.1 Å². The topological polar surface area (TPSA) is 23.9 Å². The van der Waals surface area contributed by atoms with Crippen molar-refractivity contribution in [2.45, 2.75) is 6.92 Å². The van der Waals surface area contributed by atoms with Gasteiger partial charge in [-0.3, -0.25) is 0 Å². The molecule has 1 N–H and O–H groups in total. The lowest BCUT2D eigenvalue weighted by molar-refractivity contribution is 1.54. The Balaban J connectivity index is 0. The molecule has 0 aliphatic carbocycles. The van der Waals surface area contributed by atoms with Crippen LogP contribution in [0.25, 0.3) is 0 Å². The smallest absolute Gasteiger partial charge is 0.0486 e. The number of hydrogen-bond acceptors (Lipinski definition) is 2. The van der Waals surface area contributed by atoms with Gasteiger partial charge in [0.05, 0.1) is 0 Å². The molecular formula is C2H5ClNS-. The molecule has 0 rings (SSSR count). The molecule has 32 valence electrons. The van der Waals surface area contributed by atoms with E-state index in [4.69, 9.17) is 5.41 Å². The van der Waals surface area contributed by atoms with Crippen LogP contribution in [0.3, 0.4) is 0 Å². The van der Waals surface area contributed by atoms with Crippen LogP contribution in [-0.2, 0) is 12.6 Å². The second kappa shape index (κ2) is 4.18. The van der Waals surface area contributed by atoms with Gasteiger partial charge in [0, 0.05) is 0 Å². The van der Waals surface area contributed by atoms with Crippen LogP contribution in [0.5, 0.6) is 0 Å². The molecule has 0 spiro atoms. The third-order valence-electron chi connectivity index (χ3n) is 0. The van der Waals surface area contributed by atoms with Gasteiger partial charge in [0.1, 0.15) is 0 Å². The van der Waals surface area contributed by atoms with Gasteiger partial charge in [-0.1, -0.05) is 0 Å². The van der Waals surface area contributed by atoms with E-state index < -0.39 is 0 Å². The summed E-state index contributed by atoms with van der Waals surface area (Å²) in [6.45, 7) is 1.56. The normalized spacial score (nSPS) is 5.00. The summed E-state index contributed by atoms with van der Waals surface area (Å²) in [6.07, 6.45) is 0. The fraction of sp³-hybridized carbons (Fsp3) is 0.500. The second-order valence-electron chi connectivity index (χ2n) is 0.556. The summed E-state index contributed by atoms with van der Waals surface area (Å²) in [7, 11) is 0. The zero-order valence-corrected chi connectivity index (χ0v) is 4.45. The highest BCUT2D eigenvalue weighted by atomic mass is 35.5. The summed E-state index contributed by atoms with van der Waals surface area (Å²) in [5.74, 6) is 0. The van der Waals surface area contributed by atoms with Gasteiger partial charge in [-0.15, -0.1) is 17.5 Å². The molecule has 0 saturated heterocycles. The third-order valence-corrected chi connectivity index (χ3v) is 0. The van der Waals surface area contributed by atoms with Gasteiger partial charge >= 0.3 is 0 Å². The van der Waals surface area contributed by atoms with Crippen LogP contribution in [0.15, 0.2) is 0 Å². The molecule has 0 aromatic rings. The van der Waals surface area contributed by atoms with Gasteiger partial charge in [-0.2, -0.15) is 0 Å². The van der Waals surface area contributed by atoms with Crippen LogP contribution in [0.1, 0.15) is 6.92 Å². The first-order chi connectivity index (χ1) is 1.73.